The van der Waals surface area contributed by atoms with Crippen LogP contribution >= 0.6 is 136 Å². The number of carbonyl (C=O) groups excluding carboxylic acids is 6. The molecule has 0 aliphatic carbocycles. The fourth-order valence-electron chi connectivity index (χ4n) is 4.85. The SMILES string of the molecule is O=C(NCCCCNC(=O)c1c(I)c(NC(=O)C(O)C(O)CO)c(I)c(C(=O)NCC(O)CO)c1I)c1c(I)c(NC(=O)C(O)C(O)CO)c(I)c(C(=O)NCC(O)CO)c1I. The van der Waals surface area contributed by atoms with Gasteiger partial charge in [-0.3, -0.25) is 28.8 Å². The number of hydrogen-bond acceptors (Lipinski definition) is 16. The molecule has 0 aliphatic rings. The zero-order chi connectivity index (χ0) is 47.2. The molecule has 22 nitrogen and oxygen atoms in total. The lowest BCUT2D eigenvalue weighted by atomic mass is 10.1. The van der Waals surface area contributed by atoms with Gasteiger partial charge in [-0.15, -0.1) is 0 Å². The molecule has 2 aromatic carbocycles. The summed E-state index contributed by atoms with van der Waals surface area (Å²) >= 11 is 10.5. The molecule has 0 bridgehead atoms. The molecule has 346 valence electrons. The summed E-state index contributed by atoms with van der Waals surface area (Å²) in [6, 6.07) is 0. The van der Waals surface area contributed by atoms with Gasteiger partial charge in [-0.1, -0.05) is 0 Å². The third-order valence-electron chi connectivity index (χ3n) is 8.27. The molecule has 2 aromatic rings. The average molecular weight is 1550 g/mol. The molecule has 0 fully saturated rings. The molecule has 0 saturated heterocycles. The topological polar surface area (TPSA) is 377 Å². The number of anilines is 2. The third-order valence-corrected chi connectivity index (χ3v) is 14.7. The number of benzene rings is 2. The Morgan fingerprint density at radius 1 is 0.419 bits per heavy atom. The van der Waals surface area contributed by atoms with Crippen molar-refractivity contribution < 1.29 is 79.8 Å². The van der Waals surface area contributed by atoms with Crippen LogP contribution in [0, 0.1) is 21.4 Å². The van der Waals surface area contributed by atoms with Gasteiger partial charge in [0.25, 0.3) is 35.4 Å². The van der Waals surface area contributed by atoms with Crippen LogP contribution in [0.15, 0.2) is 0 Å². The van der Waals surface area contributed by atoms with E-state index in [2.05, 4.69) is 31.9 Å². The minimum Gasteiger partial charge on any atom is -0.394 e. The van der Waals surface area contributed by atoms with E-state index in [1.165, 1.54) is 0 Å². The van der Waals surface area contributed by atoms with Crippen molar-refractivity contribution in [2.24, 2.45) is 0 Å². The Morgan fingerprint density at radius 3 is 0.952 bits per heavy atom. The molecule has 0 aromatic heterocycles. The van der Waals surface area contributed by atoms with E-state index in [-0.39, 0.29) is 94.1 Å². The molecule has 28 heteroatoms. The molecule has 2 rings (SSSR count). The Labute approximate surface area is 434 Å². The summed E-state index contributed by atoms with van der Waals surface area (Å²) in [5, 5.41) is 111. The van der Waals surface area contributed by atoms with Crippen molar-refractivity contribution in [1.29, 1.82) is 0 Å². The van der Waals surface area contributed by atoms with Gasteiger partial charge in [0.05, 0.1) is 86.5 Å². The monoisotopic (exact) mass is 1550 g/mol. The quantitative estimate of drug-likeness (QED) is 0.0412. The first-order valence-electron chi connectivity index (χ1n) is 17.8. The van der Waals surface area contributed by atoms with Gasteiger partial charge in [-0.2, -0.15) is 0 Å². The number of aliphatic hydroxyl groups is 10. The highest BCUT2D eigenvalue weighted by Gasteiger charge is 2.33. The zero-order valence-corrected chi connectivity index (χ0v) is 44.7. The van der Waals surface area contributed by atoms with Crippen LogP contribution in [-0.2, 0) is 9.59 Å². The number of carbonyl (C=O) groups is 6. The lowest BCUT2D eigenvalue weighted by Gasteiger charge is -2.22. The largest absolute Gasteiger partial charge is 0.394 e. The molecular weight excluding hydrogens is 1510 g/mol. The van der Waals surface area contributed by atoms with Gasteiger partial charge in [0.15, 0.2) is 12.2 Å². The highest BCUT2D eigenvalue weighted by atomic mass is 127. The minimum absolute atomic E-state index is 0.0288. The van der Waals surface area contributed by atoms with Gasteiger partial charge >= 0.3 is 0 Å². The molecule has 62 heavy (non-hydrogen) atoms. The molecule has 16 N–H and O–H groups in total. The Balaban J connectivity index is 2.35. The van der Waals surface area contributed by atoms with Crippen molar-refractivity contribution in [3.8, 4) is 0 Å². The third kappa shape index (κ3) is 15.4. The molecule has 0 heterocycles. The number of rotatable bonds is 23. The van der Waals surface area contributed by atoms with Gasteiger partial charge in [-0.05, 0) is 148 Å². The molecule has 6 atom stereocenters. The van der Waals surface area contributed by atoms with Crippen LogP contribution in [0.5, 0.6) is 0 Å². The predicted octanol–water partition coefficient (Wildman–Crippen LogP) is -2.27. The Kier molecular flexibility index (Phi) is 25.7. The molecular formula is C34H42I6N6O16. The summed E-state index contributed by atoms with van der Waals surface area (Å²) < 4.78 is 0.802. The Bertz CT molecular complexity index is 1850. The summed E-state index contributed by atoms with van der Waals surface area (Å²) in [5.74, 6) is -5.25. The number of aliphatic hydroxyl groups excluding tert-OH is 10. The standard InChI is InChI=1S/C34H42I6N6O16/c35-19-15(21(37)25(45-33(61)27(55)13(53)9-49)23(39)17(19)31(59)43-5-11(51)7-47)29(57)41-3-1-2-4-42-30(58)16-20(36)18(32(60)44-6-12(52)8-48)24(40)26(22(16)38)46-34(62)28(56)14(54)10-50/h11-14,27-28,47-56H,1-10H2,(H,41,57)(H,42,58)(H,43,59)(H,44,60)(H,45,61)(H,46,62). The van der Waals surface area contributed by atoms with Crippen LogP contribution in [0.2, 0.25) is 0 Å². The fourth-order valence-corrected chi connectivity index (χ4v) is 13.7. The highest BCUT2D eigenvalue weighted by molar-refractivity contribution is 14.1. The van der Waals surface area contributed by atoms with E-state index < -0.39 is 98.5 Å². The van der Waals surface area contributed by atoms with Crippen molar-refractivity contribution in [2.75, 3.05) is 63.2 Å². The van der Waals surface area contributed by atoms with E-state index in [0.29, 0.717) is 0 Å². The van der Waals surface area contributed by atoms with Crippen LogP contribution in [0.3, 0.4) is 0 Å². The minimum atomic E-state index is -2.08. The zero-order valence-electron chi connectivity index (χ0n) is 31.7. The van der Waals surface area contributed by atoms with Crippen LogP contribution in [-0.4, -0.2) is 176 Å². The maximum absolute atomic E-state index is 13.7. The summed E-state index contributed by atoms with van der Waals surface area (Å²) in [6.45, 7) is -3.85. The lowest BCUT2D eigenvalue weighted by molar-refractivity contribution is -0.131. The second kappa shape index (κ2) is 27.8. The van der Waals surface area contributed by atoms with Crippen LogP contribution in [0.1, 0.15) is 54.3 Å². The number of nitrogens with one attached hydrogen (secondary N) is 6. The smallest absolute Gasteiger partial charge is 0.256 e. The van der Waals surface area contributed by atoms with E-state index in [0.717, 1.165) is 0 Å². The van der Waals surface area contributed by atoms with Gasteiger partial charge in [-0.25, -0.2) is 0 Å². The first kappa shape index (κ1) is 57.4. The molecule has 0 saturated carbocycles. The van der Waals surface area contributed by atoms with Crippen molar-refractivity contribution in [2.45, 2.75) is 49.5 Å². The summed E-state index contributed by atoms with van der Waals surface area (Å²) in [7, 11) is 0. The molecule has 0 spiro atoms. The van der Waals surface area contributed by atoms with Gasteiger partial charge in [0.2, 0.25) is 0 Å². The predicted molar refractivity (Wildman–Crippen MR) is 269 cm³/mol. The second-order valence-corrected chi connectivity index (χ2v) is 19.3. The van der Waals surface area contributed by atoms with Gasteiger partial charge in [0.1, 0.15) is 12.2 Å². The maximum atomic E-state index is 13.7. The van der Waals surface area contributed by atoms with E-state index in [1.807, 2.05) is 0 Å². The van der Waals surface area contributed by atoms with Crippen LogP contribution in [0.4, 0.5) is 11.4 Å². The number of halogens is 6. The van der Waals surface area contributed by atoms with E-state index in [4.69, 9.17) is 0 Å². The maximum Gasteiger partial charge on any atom is 0.256 e. The van der Waals surface area contributed by atoms with Crippen molar-refractivity contribution in [3.05, 3.63) is 43.7 Å². The van der Waals surface area contributed by atoms with E-state index in [9.17, 15) is 79.8 Å². The van der Waals surface area contributed by atoms with Crippen molar-refractivity contribution in [1.82, 2.24) is 21.3 Å². The first-order chi connectivity index (χ1) is 29.1. The summed E-state index contributed by atoms with van der Waals surface area (Å²) in [5.41, 5.74) is -0.466. The molecule has 0 radical (unpaired) electrons. The van der Waals surface area contributed by atoms with Crippen LogP contribution in [0.25, 0.3) is 0 Å². The van der Waals surface area contributed by atoms with Gasteiger partial charge < -0.3 is 83.0 Å². The van der Waals surface area contributed by atoms with E-state index in [1.54, 1.807) is 136 Å². The Morgan fingerprint density at radius 2 is 0.694 bits per heavy atom. The summed E-state index contributed by atoms with van der Waals surface area (Å²) in [6.07, 6.45) is -9.88. The van der Waals surface area contributed by atoms with Crippen LogP contribution < -0.4 is 31.9 Å². The molecule has 6 amide bonds. The van der Waals surface area contributed by atoms with E-state index >= 15 is 0 Å². The molecule has 0 aliphatic heterocycles. The lowest BCUT2D eigenvalue weighted by Crippen LogP contribution is -2.41. The molecule has 6 unspecified atom stereocenters. The van der Waals surface area contributed by atoms with Crippen molar-refractivity contribution >= 4 is 182 Å². The van der Waals surface area contributed by atoms with Gasteiger partial charge in [0, 0.05) is 33.3 Å². The number of unbranched alkanes of at least 4 members (excludes halogenated alkanes) is 1. The Hall–Kier alpha value is -0.760. The normalized spacial score (nSPS) is 14.1. The summed E-state index contributed by atoms with van der Waals surface area (Å²) in [4.78, 5) is 79.5. The second-order valence-electron chi connectivity index (χ2n) is 12.8. The van der Waals surface area contributed by atoms with Crippen molar-refractivity contribution in [3.63, 3.8) is 0 Å². The number of hydrogen-bond donors (Lipinski definition) is 16. The number of amides is 6. The highest BCUT2D eigenvalue weighted by Crippen LogP contribution is 2.37. The first-order valence-corrected chi connectivity index (χ1v) is 24.3. The fraction of sp³-hybridized carbons (Fsp3) is 0.471. The average Bonchev–Trinajstić information content (AvgIpc) is 3.24.